The zero-order valence-electron chi connectivity index (χ0n) is 8.60. The Balaban J connectivity index is 3.09. The Kier molecular flexibility index (Phi) is 3.14. The van der Waals surface area contributed by atoms with Gasteiger partial charge in [0, 0.05) is 11.4 Å². The van der Waals surface area contributed by atoms with E-state index in [0.29, 0.717) is 0 Å². The Morgan fingerprint density at radius 1 is 1.27 bits per heavy atom. The average Bonchev–Trinajstić information content (AvgIpc) is 2.42. The number of aliphatic carboxylic acids is 2. The summed E-state index contributed by atoms with van der Waals surface area (Å²) in [6.07, 6.45) is -0.411. The van der Waals surface area contributed by atoms with Crippen LogP contribution in [0.25, 0.3) is 0 Å². The molecule has 1 rings (SSSR count). The van der Waals surface area contributed by atoms with Gasteiger partial charge in [0.1, 0.15) is 6.04 Å². The zero-order valence-corrected chi connectivity index (χ0v) is 8.60. The molecule has 0 bridgehead atoms. The van der Waals surface area contributed by atoms with Gasteiger partial charge in [0.15, 0.2) is 0 Å². The van der Waals surface area contributed by atoms with Gasteiger partial charge in [-0.3, -0.25) is 4.79 Å². The average molecular weight is 211 g/mol. The van der Waals surface area contributed by atoms with Crippen molar-refractivity contribution < 1.29 is 19.8 Å². The molecule has 5 heteroatoms. The Morgan fingerprint density at radius 2 is 1.73 bits per heavy atom. The van der Waals surface area contributed by atoms with Crippen molar-refractivity contribution in [1.29, 1.82) is 0 Å². The number of carbonyl (C=O) groups is 2. The lowest BCUT2D eigenvalue weighted by Crippen LogP contribution is -2.23. The van der Waals surface area contributed by atoms with E-state index in [-0.39, 0.29) is 0 Å². The smallest absolute Gasteiger partial charge is 0.327 e. The predicted molar refractivity (Wildman–Crippen MR) is 52.8 cm³/mol. The van der Waals surface area contributed by atoms with Gasteiger partial charge in [-0.2, -0.15) is 0 Å². The van der Waals surface area contributed by atoms with Gasteiger partial charge < -0.3 is 14.8 Å². The second kappa shape index (κ2) is 4.16. The number of carboxylic acids is 2. The molecule has 0 aliphatic carbocycles. The first-order valence-corrected chi connectivity index (χ1v) is 4.52. The van der Waals surface area contributed by atoms with Gasteiger partial charge in [-0.05, 0) is 26.0 Å². The van der Waals surface area contributed by atoms with Crippen molar-refractivity contribution in [3.05, 3.63) is 23.5 Å². The number of rotatable bonds is 4. The number of hydrogen-bond donors (Lipinski definition) is 2. The summed E-state index contributed by atoms with van der Waals surface area (Å²) in [4.78, 5) is 21.5. The third-order valence-electron chi connectivity index (χ3n) is 2.29. The molecule has 5 nitrogen and oxygen atoms in total. The molecule has 0 amide bonds. The third-order valence-corrected chi connectivity index (χ3v) is 2.29. The predicted octanol–water partition coefficient (Wildman–Crippen LogP) is 1.21. The second-order valence-electron chi connectivity index (χ2n) is 3.44. The van der Waals surface area contributed by atoms with Gasteiger partial charge in [-0.25, -0.2) is 4.79 Å². The highest BCUT2D eigenvalue weighted by molar-refractivity contribution is 5.79. The SMILES string of the molecule is Cc1ccc(C)n1C(CC(=O)O)C(=O)O. The monoisotopic (exact) mass is 211 g/mol. The molecule has 0 fully saturated rings. The Labute approximate surface area is 87.0 Å². The summed E-state index contributed by atoms with van der Waals surface area (Å²) >= 11 is 0. The van der Waals surface area contributed by atoms with Crippen LogP contribution in [0.1, 0.15) is 23.9 Å². The molecule has 1 aromatic heterocycles. The van der Waals surface area contributed by atoms with Crippen LogP contribution < -0.4 is 0 Å². The van der Waals surface area contributed by atoms with Crippen molar-refractivity contribution in [3.63, 3.8) is 0 Å². The maximum absolute atomic E-state index is 11.0. The van der Waals surface area contributed by atoms with Crippen LogP contribution in [0.15, 0.2) is 12.1 Å². The number of hydrogen-bond acceptors (Lipinski definition) is 2. The van der Waals surface area contributed by atoms with Crippen molar-refractivity contribution in [3.8, 4) is 0 Å². The molecule has 0 radical (unpaired) electrons. The summed E-state index contributed by atoms with van der Waals surface area (Å²) in [5.41, 5.74) is 1.50. The summed E-state index contributed by atoms with van der Waals surface area (Å²) in [6.45, 7) is 3.51. The number of aromatic nitrogens is 1. The summed E-state index contributed by atoms with van der Waals surface area (Å²) < 4.78 is 1.52. The highest BCUT2D eigenvalue weighted by Crippen LogP contribution is 2.19. The summed E-state index contributed by atoms with van der Waals surface area (Å²) in [7, 11) is 0. The van der Waals surface area contributed by atoms with Gasteiger partial charge in [-0.1, -0.05) is 0 Å². The molecule has 0 saturated heterocycles. The first kappa shape index (κ1) is 11.3. The van der Waals surface area contributed by atoms with Gasteiger partial charge in [-0.15, -0.1) is 0 Å². The van der Waals surface area contributed by atoms with Crippen LogP contribution in [0.3, 0.4) is 0 Å². The van der Waals surface area contributed by atoms with E-state index in [9.17, 15) is 9.59 Å². The van der Waals surface area contributed by atoms with E-state index in [4.69, 9.17) is 10.2 Å². The maximum Gasteiger partial charge on any atom is 0.327 e. The lowest BCUT2D eigenvalue weighted by molar-refractivity contribution is -0.147. The molecule has 1 atom stereocenters. The molecule has 82 valence electrons. The van der Waals surface area contributed by atoms with E-state index < -0.39 is 24.4 Å². The molecule has 0 aromatic carbocycles. The second-order valence-corrected chi connectivity index (χ2v) is 3.44. The first-order valence-electron chi connectivity index (χ1n) is 4.52. The molecule has 1 heterocycles. The van der Waals surface area contributed by atoms with Gasteiger partial charge in [0.05, 0.1) is 6.42 Å². The summed E-state index contributed by atoms with van der Waals surface area (Å²) in [5.74, 6) is -2.24. The van der Waals surface area contributed by atoms with E-state index in [1.807, 2.05) is 0 Å². The fraction of sp³-hybridized carbons (Fsp3) is 0.400. The van der Waals surface area contributed by atoms with Gasteiger partial charge in [0.25, 0.3) is 0 Å². The topological polar surface area (TPSA) is 79.5 Å². The Morgan fingerprint density at radius 3 is 2.07 bits per heavy atom. The van der Waals surface area contributed by atoms with Gasteiger partial charge >= 0.3 is 11.9 Å². The fourth-order valence-electron chi connectivity index (χ4n) is 1.63. The molecular formula is C10H13NO4. The molecule has 1 aromatic rings. The summed E-state index contributed by atoms with van der Waals surface area (Å²) in [5, 5.41) is 17.6. The lowest BCUT2D eigenvalue weighted by atomic mass is 10.2. The molecular weight excluding hydrogens is 198 g/mol. The molecule has 2 N–H and O–H groups in total. The van der Waals surface area contributed by atoms with Crippen LogP contribution in [-0.4, -0.2) is 26.7 Å². The molecule has 0 saturated carbocycles. The molecule has 0 aliphatic heterocycles. The Hall–Kier alpha value is -1.78. The molecule has 1 unspecified atom stereocenters. The standard InChI is InChI=1S/C10H13NO4/c1-6-3-4-7(2)11(6)8(10(14)15)5-9(12)13/h3-4,8H,5H2,1-2H3,(H,12,13)(H,14,15). The van der Waals surface area contributed by atoms with E-state index in [0.717, 1.165) is 11.4 Å². The van der Waals surface area contributed by atoms with Crippen molar-refractivity contribution in [2.24, 2.45) is 0 Å². The fourth-order valence-corrected chi connectivity index (χ4v) is 1.63. The molecule has 15 heavy (non-hydrogen) atoms. The van der Waals surface area contributed by atoms with E-state index in [1.54, 1.807) is 26.0 Å². The van der Waals surface area contributed by atoms with Crippen molar-refractivity contribution in [2.75, 3.05) is 0 Å². The Bertz CT molecular complexity index is 375. The minimum Gasteiger partial charge on any atom is -0.481 e. The number of aryl methyl sites for hydroxylation is 2. The van der Waals surface area contributed by atoms with E-state index in [1.165, 1.54) is 4.57 Å². The van der Waals surface area contributed by atoms with Gasteiger partial charge in [0.2, 0.25) is 0 Å². The van der Waals surface area contributed by atoms with Crippen LogP contribution >= 0.6 is 0 Å². The largest absolute Gasteiger partial charge is 0.481 e. The maximum atomic E-state index is 11.0. The quantitative estimate of drug-likeness (QED) is 0.784. The van der Waals surface area contributed by atoms with Crippen molar-refractivity contribution >= 4 is 11.9 Å². The van der Waals surface area contributed by atoms with Crippen LogP contribution in [0.4, 0.5) is 0 Å². The minimum absolute atomic E-state index is 0.411. The highest BCUT2D eigenvalue weighted by atomic mass is 16.4. The van der Waals surface area contributed by atoms with E-state index in [2.05, 4.69) is 0 Å². The molecule has 0 aliphatic rings. The van der Waals surface area contributed by atoms with Crippen LogP contribution in [-0.2, 0) is 9.59 Å². The van der Waals surface area contributed by atoms with Crippen LogP contribution in [0, 0.1) is 13.8 Å². The number of carboxylic acid groups (broad SMARTS) is 2. The summed E-state index contributed by atoms with van der Waals surface area (Å²) in [6, 6.07) is 2.51. The van der Waals surface area contributed by atoms with Crippen LogP contribution in [0.5, 0.6) is 0 Å². The number of nitrogens with zero attached hydrogens (tertiary/aromatic N) is 1. The third kappa shape index (κ3) is 2.37. The lowest BCUT2D eigenvalue weighted by Gasteiger charge is -2.16. The van der Waals surface area contributed by atoms with Crippen molar-refractivity contribution in [1.82, 2.24) is 4.57 Å². The molecule has 0 spiro atoms. The normalized spacial score (nSPS) is 12.4. The zero-order chi connectivity index (χ0) is 11.6. The first-order chi connectivity index (χ1) is 6.93. The van der Waals surface area contributed by atoms with Crippen molar-refractivity contribution in [2.45, 2.75) is 26.3 Å². The van der Waals surface area contributed by atoms with Crippen LogP contribution in [0.2, 0.25) is 0 Å². The highest BCUT2D eigenvalue weighted by Gasteiger charge is 2.24. The minimum atomic E-state index is -1.13. The van der Waals surface area contributed by atoms with E-state index >= 15 is 0 Å².